The Morgan fingerprint density at radius 3 is 2.71 bits per heavy atom. The SMILES string of the molecule is CC(C)CN1C(=O)S/C(=C\c2cn(Cc3c(F)cccc3Cl)c3ccc(Br)cc23)C1=O. The molecule has 2 heterocycles. The van der Waals surface area contributed by atoms with E-state index in [1.54, 1.807) is 18.2 Å². The summed E-state index contributed by atoms with van der Waals surface area (Å²) < 4.78 is 17.1. The Labute approximate surface area is 197 Å². The van der Waals surface area contributed by atoms with E-state index in [-0.39, 0.29) is 29.4 Å². The summed E-state index contributed by atoms with van der Waals surface area (Å²) >= 11 is 10.7. The minimum atomic E-state index is -0.372. The van der Waals surface area contributed by atoms with E-state index in [1.165, 1.54) is 11.0 Å². The molecular formula is C23H19BrClFN2O2S. The van der Waals surface area contributed by atoms with Crippen molar-refractivity contribution in [1.29, 1.82) is 0 Å². The summed E-state index contributed by atoms with van der Waals surface area (Å²) in [4.78, 5) is 26.8. The highest BCUT2D eigenvalue weighted by molar-refractivity contribution is 9.10. The zero-order chi connectivity index (χ0) is 22.3. The molecule has 2 aromatic carbocycles. The fourth-order valence-corrected chi connectivity index (χ4v) is 4.98. The maximum atomic E-state index is 14.4. The predicted octanol–water partition coefficient (Wildman–Crippen LogP) is 6.94. The Hall–Kier alpha value is -2.09. The van der Waals surface area contributed by atoms with Crippen LogP contribution in [-0.4, -0.2) is 27.2 Å². The highest BCUT2D eigenvalue weighted by Gasteiger charge is 2.35. The summed E-state index contributed by atoms with van der Waals surface area (Å²) in [6.07, 6.45) is 3.59. The number of aromatic nitrogens is 1. The van der Waals surface area contributed by atoms with Crippen molar-refractivity contribution in [3.05, 3.63) is 73.9 Å². The van der Waals surface area contributed by atoms with Crippen LogP contribution in [0.5, 0.6) is 0 Å². The number of fused-ring (bicyclic) bond motifs is 1. The average molecular weight is 522 g/mol. The van der Waals surface area contributed by atoms with Crippen LogP contribution in [0.1, 0.15) is 25.0 Å². The molecule has 8 heteroatoms. The minimum absolute atomic E-state index is 0.191. The van der Waals surface area contributed by atoms with Crippen LogP contribution in [0.4, 0.5) is 9.18 Å². The van der Waals surface area contributed by atoms with Gasteiger partial charge in [0.1, 0.15) is 5.82 Å². The van der Waals surface area contributed by atoms with Crippen LogP contribution in [0.25, 0.3) is 17.0 Å². The molecule has 1 fully saturated rings. The van der Waals surface area contributed by atoms with Crippen molar-refractivity contribution >= 4 is 67.4 Å². The maximum Gasteiger partial charge on any atom is 0.293 e. The molecule has 0 bridgehead atoms. The fraction of sp³-hybridized carbons (Fsp3) is 0.217. The first kappa shape index (κ1) is 22.1. The molecule has 0 radical (unpaired) electrons. The molecule has 1 aromatic heterocycles. The summed E-state index contributed by atoms with van der Waals surface area (Å²) in [7, 11) is 0. The second-order valence-corrected chi connectivity index (χ2v) is 10.1. The van der Waals surface area contributed by atoms with E-state index < -0.39 is 0 Å². The van der Waals surface area contributed by atoms with Gasteiger partial charge in [0.05, 0.1) is 11.4 Å². The molecule has 1 saturated heterocycles. The molecule has 0 N–H and O–H groups in total. The average Bonchev–Trinajstić information content (AvgIpc) is 3.16. The first-order chi connectivity index (χ1) is 14.7. The molecule has 2 amide bonds. The summed E-state index contributed by atoms with van der Waals surface area (Å²) in [5.74, 6) is -0.462. The van der Waals surface area contributed by atoms with E-state index in [0.29, 0.717) is 22.0 Å². The molecule has 31 heavy (non-hydrogen) atoms. The third-order valence-corrected chi connectivity index (χ3v) is 6.73. The highest BCUT2D eigenvalue weighted by atomic mass is 79.9. The van der Waals surface area contributed by atoms with Gasteiger partial charge in [0.2, 0.25) is 0 Å². The number of nitrogens with zero attached hydrogens (tertiary/aromatic N) is 2. The van der Waals surface area contributed by atoms with Crippen molar-refractivity contribution < 1.29 is 14.0 Å². The van der Waals surface area contributed by atoms with Gasteiger partial charge in [0, 0.05) is 44.3 Å². The molecule has 0 atom stereocenters. The van der Waals surface area contributed by atoms with Crippen molar-refractivity contribution in [3.8, 4) is 0 Å². The van der Waals surface area contributed by atoms with E-state index in [9.17, 15) is 14.0 Å². The van der Waals surface area contributed by atoms with E-state index in [4.69, 9.17) is 11.6 Å². The Morgan fingerprint density at radius 2 is 2.00 bits per heavy atom. The lowest BCUT2D eigenvalue weighted by molar-refractivity contribution is -0.123. The van der Waals surface area contributed by atoms with E-state index in [1.807, 2.05) is 42.8 Å². The molecule has 4 nitrogen and oxygen atoms in total. The van der Waals surface area contributed by atoms with Gasteiger partial charge in [-0.15, -0.1) is 0 Å². The molecule has 4 rings (SSSR count). The topological polar surface area (TPSA) is 42.3 Å². The Balaban J connectivity index is 1.77. The number of benzene rings is 2. The summed E-state index contributed by atoms with van der Waals surface area (Å²) in [6, 6.07) is 10.4. The van der Waals surface area contributed by atoms with Gasteiger partial charge >= 0.3 is 0 Å². The Morgan fingerprint density at radius 1 is 1.23 bits per heavy atom. The second-order valence-electron chi connectivity index (χ2n) is 7.76. The Bertz CT molecular complexity index is 1220. The Kier molecular flexibility index (Phi) is 6.28. The molecule has 1 aliphatic rings. The monoisotopic (exact) mass is 520 g/mol. The van der Waals surface area contributed by atoms with Crippen molar-refractivity contribution in [2.24, 2.45) is 5.92 Å². The van der Waals surface area contributed by atoms with Gasteiger partial charge in [-0.2, -0.15) is 0 Å². The highest BCUT2D eigenvalue weighted by Crippen LogP contribution is 2.35. The number of hydrogen-bond donors (Lipinski definition) is 0. The van der Waals surface area contributed by atoms with E-state index in [0.717, 1.165) is 32.7 Å². The van der Waals surface area contributed by atoms with E-state index in [2.05, 4.69) is 15.9 Å². The number of carbonyl (C=O) groups is 2. The van der Waals surface area contributed by atoms with E-state index >= 15 is 0 Å². The lowest BCUT2D eigenvalue weighted by Gasteiger charge is -2.14. The van der Waals surface area contributed by atoms with Crippen LogP contribution in [0, 0.1) is 11.7 Å². The number of halogens is 3. The smallest absolute Gasteiger partial charge is 0.293 e. The maximum absolute atomic E-state index is 14.4. The molecule has 160 valence electrons. The predicted molar refractivity (Wildman–Crippen MR) is 128 cm³/mol. The van der Waals surface area contributed by atoms with Gasteiger partial charge in [-0.25, -0.2) is 4.39 Å². The lowest BCUT2D eigenvalue weighted by atomic mass is 10.1. The fourth-order valence-electron chi connectivity index (χ4n) is 3.56. The third kappa shape index (κ3) is 4.45. The molecule has 3 aromatic rings. The minimum Gasteiger partial charge on any atom is -0.342 e. The van der Waals surface area contributed by atoms with Crippen molar-refractivity contribution in [2.45, 2.75) is 20.4 Å². The van der Waals surface area contributed by atoms with Gasteiger partial charge in [-0.3, -0.25) is 14.5 Å². The number of amides is 2. The third-order valence-electron chi connectivity index (χ3n) is 4.97. The molecule has 1 aliphatic heterocycles. The normalized spacial score (nSPS) is 15.8. The molecular weight excluding hydrogens is 503 g/mol. The number of carbonyl (C=O) groups excluding carboxylic acids is 2. The summed E-state index contributed by atoms with van der Waals surface area (Å²) in [6.45, 7) is 4.56. The first-order valence-electron chi connectivity index (χ1n) is 9.71. The van der Waals surface area contributed by atoms with Gasteiger partial charge in [-0.1, -0.05) is 47.4 Å². The summed E-state index contributed by atoms with van der Waals surface area (Å²) in [5.41, 5.74) is 2.04. The molecule has 0 unspecified atom stereocenters. The molecule has 0 spiro atoms. The van der Waals surface area contributed by atoms with Crippen LogP contribution in [0.15, 0.2) is 52.0 Å². The summed E-state index contributed by atoms with van der Waals surface area (Å²) in [5, 5.41) is 0.987. The van der Waals surface area contributed by atoms with Gasteiger partial charge in [0.15, 0.2) is 0 Å². The first-order valence-corrected chi connectivity index (χ1v) is 11.7. The van der Waals surface area contributed by atoms with Crippen molar-refractivity contribution in [2.75, 3.05) is 6.54 Å². The lowest BCUT2D eigenvalue weighted by Crippen LogP contribution is -2.31. The van der Waals surface area contributed by atoms with Crippen LogP contribution < -0.4 is 0 Å². The van der Waals surface area contributed by atoms with Crippen LogP contribution in [0.3, 0.4) is 0 Å². The number of imide groups is 1. The quantitative estimate of drug-likeness (QED) is 0.342. The zero-order valence-corrected chi connectivity index (χ0v) is 20.0. The van der Waals surface area contributed by atoms with Crippen LogP contribution >= 0.6 is 39.3 Å². The van der Waals surface area contributed by atoms with Gasteiger partial charge < -0.3 is 4.57 Å². The van der Waals surface area contributed by atoms with Gasteiger partial charge in [0.25, 0.3) is 11.1 Å². The zero-order valence-electron chi connectivity index (χ0n) is 16.9. The largest absolute Gasteiger partial charge is 0.342 e. The standard InChI is InChI=1S/C23H19BrClFN2O2S/c1-13(2)10-28-22(29)21(31-23(28)30)8-14-11-27(20-7-6-15(24)9-16(14)20)12-17-18(25)4-3-5-19(17)26/h3-9,11,13H,10,12H2,1-2H3/b21-8-. The van der Waals surface area contributed by atoms with Crippen LogP contribution in [0.2, 0.25) is 5.02 Å². The second kappa shape index (κ2) is 8.81. The molecule has 0 saturated carbocycles. The van der Waals surface area contributed by atoms with Crippen molar-refractivity contribution in [3.63, 3.8) is 0 Å². The number of hydrogen-bond acceptors (Lipinski definition) is 3. The number of rotatable bonds is 5. The number of thioether (sulfide) groups is 1. The molecule has 0 aliphatic carbocycles. The van der Waals surface area contributed by atoms with Gasteiger partial charge in [-0.05, 0) is 54.1 Å². The van der Waals surface area contributed by atoms with Crippen molar-refractivity contribution in [1.82, 2.24) is 9.47 Å². The van der Waals surface area contributed by atoms with Crippen LogP contribution in [-0.2, 0) is 11.3 Å².